The van der Waals surface area contributed by atoms with Gasteiger partial charge in [-0.2, -0.15) is 0 Å². The van der Waals surface area contributed by atoms with Crippen LogP contribution in [0, 0.1) is 0 Å². The Morgan fingerprint density at radius 3 is 1.58 bits per heavy atom. The average molecular weight is 906 g/mol. The van der Waals surface area contributed by atoms with E-state index in [0.29, 0.717) is 0 Å². The Bertz CT molecular complexity index is 4490. The van der Waals surface area contributed by atoms with Crippen LogP contribution in [0.2, 0.25) is 0 Å². The van der Waals surface area contributed by atoms with E-state index >= 15 is 0 Å². The van der Waals surface area contributed by atoms with E-state index < -0.39 is 5.41 Å². The summed E-state index contributed by atoms with van der Waals surface area (Å²) in [6, 6.07) is 85.4. The molecular formula is C67H39NO3. The monoisotopic (exact) mass is 905 g/mol. The van der Waals surface area contributed by atoms with Gasteiger partial charge in [-0.05, 0) is 110 Å². The van der Waals surface area contributed by atoms with E-state index in [1.54, 1.807) is 0 Å². The molecule has 16 rings (SSSR count). The maximum atomic E-state index is 7.30. The summed E-state index contributed by atoms with van der Waals surface area (Å²) in [5.41, 5.74) is 22.0. The van der Waals surface area contributed by atoms with Crippen molar-refractivity contribution in [1.82, 2.24) is 0 Å². The van der Waals surface area contributed by atoms with Gasteiger partial charge in [0.25, 0.3) is 0 Å². The van der Waals surface area contributed by atoms with Crippen molar-refractivity contribution in [2.24, 2.45) is 0 Å². The summed E-state index contributed by atoms with van der Waals surface area (Å²) in [6.07, 6.45) is 0. The van der Waals surface area contributed by atoms with E-state index in [-0.39, 0.29) is 0 Å². The summed E-state index contributed by atoms with van der Waals surface area (Å²) < 4.78 is 20.7. The number of hydrogen-bond acceptors (Lipinski definition) is 4. The van der Waals surface area contributed by atoms with Gasteiger partial charge in [-0.25, -0.2) is 0 Å². The van der Waals surface area contributed by atoms with Gasteiger partial charge in [0.1, 0.15) is 33.5 Å². The van der Waals surface area contributed by atoms with Crippen molar-refractivity contribution in [2.75, 3.05) is 4.90 Å². The molecule has 2 aliphatic carbocycles. The first-order chi connectivity index (χ1) is 35.2. The second kappa shape index (κ2) is 14.3. The van der Waals surface area contributed by atoms with Crippen LogP contribution in [0.3, 0.4) is 0 Å². The van der Waals surface area contributed by atoms with Crippen LogP contribution in [0.5, 0.6) is 0 Å². The zero-order chi connectivity index (χ0) is 46.4. The third-order valence-corrected chi connectivity index (χ3v) is 15.5. The molecular weight excluding hydrogens is 867 g/mol. The first-order valence-electron chi connectivity index (χ1n) is 24.3. The van der Waals surface area contributed by atoms with Gasteiger partial charge in [0.2, 0.25) is 0 Å². The van der Waals surface area contributed by atoms with Crippen molar-refractivity contribution < 1.29 is 13.3 Å². The smallest absolute Gasteiger partial charge is 0.144 e. The standard InChI is InChI=1S/C67H39NO3/c1-2-16-40(17-3-1)41-18-14-19-42(36-41)68(43-32-34-48-47-22-6-11-29-57(47)67(58(48)37-43)55-27-9-4-20-45(55)46-21-5-10-28-56(46)67)44-33-35-50-54-39-62-63(52-24-8-13-31-60(52)69-62)64(66(54)71-61(50)38-44)53-26-15-25-51-49-23-7-12-30-59(49)70-65(51)53/h1-39H. The summed E-state index contributed by atoms with van der Waals surface area (Å²) in [7, 11) is 0. The van der Waals surface area contributed by atoms with Crippen molar-refractivity contribution in [3.05, 3.63) is 259 Å². The first kappa shape index (κ1) is 38.6. The van der Waals surface area contributed by atoms with Crippen molar-refractivity contribution >= 4 is 82.9 Å². The molecule has 11 aromatic carbocycles. The number of para-hydroxylation sites is 3. The van der Waals surface area contributed by atoms with Crippen LogP contribution in [-0.2, 0) is 5.41 Å². The number of furan rings is 3. The lowest BCUT2D eigenvalue weighted by molar-refractivity contribution is 0.662. The number of rotatable bonds is 5. The molecule has 0 aliphatic heterocycles. The molecule has 2 aliphatic rings. The molecule has 0 atom stereocenters. The Kier molecular flexibility index (Phi) is 7.79. The van der Waals surface area contributed by atoms with E-state index in [4.69, 9.17) is 13.3 Å². The number of nitrogens with zero attached hydrogens (tertiary/aromatic N) is 1. The highest BCUT2D eigenvalue weighted by atomic mass is 16.3. The number of hydrogen-bond donors (Lipinski definition) is 0. The molecule has 0 N–H and O–H groups in total. The quantitative estimate of drug-likeness (QED) is 0.173. The van der Waals surface area contributed by atoms with E-state index in [2.05, 4.69) is 217 Å². The van der Waals surface area contributed by atoms with Gasteiger partial charge in [-0.15, -0.1) is 0 Å². The maximum Gasteiger partial charge on any atom is 0.144 e. The second-order valence-electron chi connectivity index (χ2n) is 19.0. The average Bonchev–Trinajstić information content (AvgIpc) is 4.24. The second-order valence-corrected chi connectivity index (χ2v) is 19.0. The Balaban J connectivity index is 0.955. The van der Waals surface area contributed by atoms with E-state index in [9.17, 15) is 0 Å². The SMILES string of the molecule is c1ccc(-c2cccc(N(c3ccc4c(c3)C3(c5ccccc5-c5ccccc53)c3ccccc3-4)c3ccc4c(c3)oc3c(-c5cccc6c5oc5ccccc56)c5c(cc34)oc3ccccc35)c2)cc1. The third-order valence-electron chi connectivity index (χ3n) is 15.5. The normalized spacial score (nSPS) is 13.2. The number of fused-ring (bicyclic) bond motifs is 19. The molecule has 0 amide bonds. The lowest BCUT2D eigenvalue weighted by Gasteiger charge is -2.32. The molecule has 0 saturated carbocycles. The fraction of sp³-hybridized carbons (Fsp3) is 0.0149. The maximum absolute atomic E-state index is 7.30. The van der Waals surface area contributed by atoms with Gasteiger partial charge in [0.15, 0.2) is 0 Å². The summed E-state index contributed by atoms with van der Waals surface area (Å²) >= 11 is 0. The molecule has 14 aromatic rings. The zero-order valence-electron chi connectivity index (χ0n) is 38.2. The lowest BCUT2D eigenvalue weighted by Crippen LogP contribution is -2.26. The van der Waals surface area contributed by atoms with E-state index in [1.165, 1.54) is 44.5 Å². The summed E-state index contributed by atoms with van der Waals surface area (Å²) in [5.74, 6) is 0. The van der Waals surface area contributed by atoms with Crippen molar-refractivity contribution in [1.29, 1.82) is 0 Å². The molecule has 4 nitrogen and oxygen atoms in total. The highest BCUT2D eigenvalue weighted by Crippen LogP contribution is 2.63. The minimum atomic E-state index is -0.491. The van der Waals surface area contributed by atoms with Crippen molar-refractivity contribution in [3.8, 4) is 44.5 Å². The molecule has 1 spiro atoms. The molecule has 3 aromatic heterocycles. The largest absolute Gasteiger partial charge is 0.456 e. The molecule has 3 heterocycles. The van der Waals surface area contributed by atoms with Gasteiger partial charge in [0.05, 0.1) is 5.41 Å². The molecule has 330 valence electrons. The first-order valence-corrected chi connectivity index (χ1v) is 24.3. The summed E-state index contributed by atoms with van der Waals surface area (Å²) in [5, 5.41) is 6.16. The minimum Gasteiger partial charge on any atom is -0.456 e. The van der Waals surface area contributed by atoms with Crippen LogP contribution >= 0.6 is 0 Å². The van der Waals surface area contributed by atoms with Gasteiger partial charge in [-0.1, -0.05) is 176 Å². The fourth-order valence-corrected chi connectivity index (χ4v) is 12.6. The Morgan fingerprint density at radius 1 is 0.282 bits per heavy atom. The van der Waals surface area contributed by atoms with Crippen LogP contribution in [-0.4, -0.2) is 0 Å². The van der Waals surface area contributed by atoms with Gasteiger partial charge in [0, 0.05) is 66.6 Å². The predicted octanol–water partition coefficient (Wildman–Crippen LogP) is 18.5. The summed E-state index contributed by atoms with van der Waals surface area (Å²) in [4.78, 5) is 2.40. The minimum absolute atomic E-state index is 0.491. The highest BCUT2D eigenvalue weighted by molar-refractivity contribution is 6.26. The van der Waals surface area contributed by atoms with E-state index in [0.717, 1.165) is 105 Å². The number of anilines is 3. The molecule has 0 saturated heterocycles. The molecule has 0 fully saturated rings. The van der Waals surface area contributed by atoms with Gasteiger partial charge < -0.3 is 18.2 Å². The third kappa shape index (κ3) is 5.23. The lowest BCUT2D eigenvalue weighted by atomic mass is 9.70. The Morgan fingerprint density at radius 2 is 0.817 bits per heavy atom. The molecule has 0 radical (unpaired) electrons. The van der Waals surface area contributed by atoms with Gasteiger partial charge in [-0.3, -0.25) is 0 Å². The fourth-order valence-electron chi connectivity index (χ4n) is 12.6. The molecule has 4 heteroatoms. The Hall–Kier alpha value is -9.38. The molecule has 0 unspecified atom stereocenters. The van der Waals surface area contributed by atoms with Crippen LogP contribution in [0.4, 0.5) is 17.1 Å². The van der Waals surface area contributed by atoms with Crippen LogP contribution in [0.15, 0.2) is 250 Å². The van der Waals surface area contributed by atoms with Crippen molar-refractivity contribution in [3.63, 3.8) is 0 Å². The van der Waals surface area contributed by atoms with Crippen LogP contribution in [0.1, 0.15) is 22.3 Å². The van der Waals surface area contributed by atoms with Crippen molar-refractivity contribution in [2.45, 2.75) is 5.41 Å². The van der Waals surface area contributed by atoms with E-state index in [1.807, 2.05) is 24.3 Å². The van der Waals surface area contributed by atoms with Gasteiger partial charge >= 0.3 is 0 Å². The molecule has 71 heavy (non-hydrogen) atoms. The highest BCUT2D eigenvalue weighted by Gasteiger charge is 2.51. The topological polar surface area (TPSA) is 42.7 Å². The Labute approximate surface area is 407 Å². The van der Waals surface area contributed by atoms with Crippen LogP contribution < -0.4 is 4.90 Å². The number of benzene rings is 11. The molecule has 0 bridgehead atoms. The van der Waals surface area contributed by atoms with Crippen LogP contribution in [0.25, 0.3) is 110 Å². The summed E-state index contributed by atoms with van der Waals surface area (Å²) in [6.45, 7) is 0. The predicted molar refractivity (Wildman–Crippen MR) is 290 cm³/mol. The zero-order valence-corrected chi connectivity index (χ0v) is 38.2.